The monoisotopic (exact) mass is 228 g/mol. The van der Waals surface area contributed by atoms with Gasteiger partial charge in [-0.2, -0.15) is 0 Å². The molecule has 2 atom stereocenters. The largest absolute Gasteiger partial charge is 0.381 e. The maximum Gasteiger partial charge on any atom is 0.0469 e. The van der Waals surface area contributed by atoms with Crippen LogP contribution in [0.3, 0.4) is 0 Å². The van der Waals surface area contributed by atoms with E-state index in [1.54, 1.807) is 0 Å². The summed E-state index contributed by atoms with van der Waals surface area (Å²) in [7, 11) is 0. The highest BCUT2D eigenvalue weighted by atomic mass is 16.5. The van der Waals surface area contributed by atoms with E-state index in [-0.39, 0.29) is 0 Å². The van der Waals surface area contributed by atoms with Crippen molar-refractivity contribution in [3.63, 3.8) is 0 Å². The third-order valence-corrected chi connectivity index (χ3v) is 4.00. The predicted molar refractivity (Wildman–Crippen MR) is 68.5 cm³/mol. The minimum atomic E-state index is 0.545. The number of likely N-dealkylation sites (N-methyl/N-ethyl adjacent to an activating group) is 1. The van der Waals surface area contributed by atoms with Crippen molar-refractivity contribution in [3.05, 3.63) is 0 Å². The Kier molecular flexibility index (Phi) is 6.32. The number of nitrogens with zero attached hydrogens (tertiary/aromatic N) is 1. The summed E-state index contributed by atoms with van der Waals surface area (Å²) in [5, 5.41) is 0. The normalized spacial score (nSPS) is 22.3. The zero-order valence-electron chi connectivity index (χ0n) is 11.1. The molecule has 0 amide bonds. The van der Waals surface area contributed by atoms with E-state index >= 15 is 0 Å². The van der Waals surface area contributed by atoms with E-state index in [2.05, 4.69) is 25.7 Å². The van der Waals surface area contributed by atoms with Crippen LogP contribution in [0.4, 0.5) is 0 Å². The quantitative estimate of drug-likeness (QED) is 0.754. The molecule has 2 N–H and O–H groups in total. The Morgan fingerprint density at radius 2 is 1.94 bits per heavy atom. The smallest absolute Gasteiger partial charge is 0.0469 e. The summed E-state index contributed by atoms with van der Waals surface area (Å²) in [4.78, 5) is 2.58. The van der Waals surface area contributed by atoms with E-state index in [0.29, 0.717) is 12.1 Å². The summed E-state index contributed by atoms with van der Waals surface area (Å²) in [5.74, 6) is 0.729. The molecular weight excluding hydrogens is 200 g/mol. The Labute approximate surface area is 100 Å². The number of nitrogens with two attached hydrogens (primary N) is 1. The third-order valence-electron chi connectivity index (χ3n) is 4.00. The van der Waals surface area contributed by atoms with E-state index in [1.807, 2.05) is 0 Å². The van der Waals surface area contributed by atoms with E-state index in [9.17, 15) is 0 Å². The van der Waals surface area contributed by atoms with Crippen molar-refractivity contribution >= 4 is 0 Å². The number of rotatable bonds is 6. The van der Waals surface area contributed by atoms with Gasteiger partial charge < -0.3 is 10.5 Å². The molecule has 0 spiro atoms. The van der Waals surface area contributed by atoms with Crippen LogP contribution in [0.2, 0.25) is 0 Å². The molecule has 1 saturated heterocycles. The molecule has 0 aromatic rings. The lowest BCUT2D eigenvalue weighted by molar-refractivity contribution is 0.0179. The van der Waals surface area contributed by atoms with E-state index < -0.39 is 0 Å². The molecule has 0 radical (unpaired) electrons. The van der Waals surface area contributed by atoms with Gasteiger partial charge in [-0.05, 0) is 38.6 Å². The molecule has 2 unspecified atom stereocenters. The Morgan fingerprint density at radius 1 is 1.31 bits per heavy atom. The minimum Gasteiger partial charge on any atom is -0.381 e. The van der Waals surface area contributed by atoms with Crippen LogP contribution in [0, 0.1) is 5.92 Å². The van der Waals surface area contributed by atoms with Crippen molar-refractivity contribution in [2.75, 3.05) is 26.3 Å². The zero-order chi connectivity index (χ0) is 12.0. The summed E-state index contributed by atoms with van der Waals surface area (Å²) in [6, 6.07) is 1.19. The molecule has 0 aliphatic carbocycles. The summed E-state index contributed by atoms with van der Waals surface area (Å²) >= 11 is 0. The standard InChI is InChI=1S/C13H28N2O/c1-4-11(3)15(5-2)13(10-14)12-6-8-16-9-7-12/h11-13H,4-10,14H2,1-3H3. The van der Waals surface area contributed by atoms with E-state index in [1.165, 1.54) is 19.3 Å². The predicted octanol–water partition coefficient (Wildman–Crippen LogP) is 1.86. The number of hydrogen-bond acceptors (Lipinski definition) is 3. The summed E-state index contributed by atoms with van der Waals surface area (Å²) in [5.41, 5.74) is 5.99. The van der Waals surface area contributed by atoms with Crippen LogP contribution < -0.4 is 5.73 Å². The Hall–Kier alpha value is -0.120. The molecule has 1 aliphatic heterocycles. The van der Waals surface area contributed by atoms with Gasteiger partial charge in [-0.1, -0.05) is 13.8 Å². The molecule has 0 saturated carbocycles. The molecule has 3 nitrogen and oxygen atoms in total. The molecule has 3 heteroatoms. The van der Waals surface area contributed by atoms with Crippen molar-refractivity contribution in [1.82, 2.24) is 4.90 Å². The first-order valence-corrected chi connectivity index (χ1v) is 6.78. The van der Waals surface area contributed by atoms with E-state index in [4.69, 9.17) is 10.5 Å². The van der Waals surface area contributed by atoms with Gasteiger partial charge in [-0.3, -0.25) is 4.90 Å². The first-order valence-electron chi connectivity index (χ1n) is 6.78. The first-order chi connectivity index (χ1) is 7.74. The van der Waals surface area contributed by atoms with E-state index in [0.717, 1.165) is 32.2 Å². The van der Waals surface area contributed by atoms with Crippen LogP contribution >= 0.6 is 0 Å². The van der Waals surface area contributed by atoms with Gasteiger partial charge in [0.05, 0.1) is 0 Å². The Morgan fingerprint density at radius 3 is 2.38 bits per heavy atom. The lowest BCUT2D eigenvalue weighted by atomic mass is 9.89. The van der Waals surface area contributed by atoms with Crippen molar-refractivity contribution < 1.29 is 4.74 Å². The second kappa shape index (κ2) is 7.25. The van der Waals surface area contributed by atoms with Gasteiger partial charge in [0.15, 0.2) is 0 Å². The zero-order valence-corrected chi connectivity index (χ0v) is 11.1. The van der Waals surface area contributed by atoms with Crippen LogP contribution in [0.5, 0.6) is 0 Å². The van der Waals surface area contributed by atoms with Crippen LogP contribution in [0.1, 0.15) is 40.0 Å². The lowest BCUT2D eigenvalue weighted by Gasteiger charge is -2.40. The van der Waals surface area contributed by atoms with Gasteiger partial charge in [0, 0.05) is 31.8 Å². The molecule has 0 aromatic carbocycles. The summed E-state index contributed by atoms with van der Waals surface area (Å²) in [6.07, 6.45) is 3.55. The molecule has 1 aliphatic rings. The van der Waals surface area contributed by atoms with Gasteiger partial charge in [-0.25, -0.2) is 0 Å². The molecule has 0 bridgehead atoms. The highest BCUT2D eigenvalue weighted by Crippen LogP contribution is 2.24. The molecule has 96 valence electrons. The van der Waals surface area contributed by atoms with Crippen LogP contribution in [-0.2, 0) is 4.74 Å². The Bertz CT molecular complexity index is 181. The highest BCUT2D eigenvalue weighted by molar-refractivity contribution is 4.84. The SMILES string of the molecule is CCC(C)N(CC)C(CN)C1CCOCC1. The number of hydrogen-bond donors (Lipinski definition) is 1. The molecule has 1 rings (SSSR count). The van der Waals surface area contributed by atoms with Gasteiger partial charge in [0.25, 0.3) is 0 Å². The van der Waals surface area contributed by atoms with Crippen molar-refractivity contribution in [1.29, 1.82) is 0 Å². The summed E-state index contributed by atoms with van der Waals surface area (Å²) in [6.45, 7) is 10.5. The van der Waals surface area contributed by atoms with Crippen molar-refractivity contribution in [2.45, 2.75) is 52.1 Å². The van der Waals surface area contributed by atoms with Gasteiger partial charge in [0.1, 0.15) is 0 Å². The third kappa shape index (κ3) is 3.44. The summed E-state index contributed by atoms with van der Waals surface area (Å²) < 4.78 is 5.44. The maximum atomic E-state index is 5.99. The van der Waals surface area contributed by atoms with Gasteiger partial charge in [0.2, 0.25) is 0 Å². The van der Waals surface area contributed by atoms with Crippen molar-refractivity contribution in [3.8, 4) is 0 Å². The van der Waals surface area contributed by atoms with Crippen LogP contribution in [-0.4, -0.2) is 43.3 Å². The fourth-order valence-electron chi connectivity index (χ4n) is 2.81. The minimum absolute atomic E-state index is 0.545. The molecule has 1 fully saturated rings. The Balaban J connectivity index is 2.61. The first kappa shape index (κ1) is 13.9. The molecular formula is C13H28N2O. The number of ether oxygens (including phenoxy) is 1. The highest BCUT2D eigenvalue weighted by Gasteiger charge is 2.29. The molecule has 16 heavy (non-hydrogen) atoms. The van der Waals surface area contributed by atoms with Gasteiger partial charge >= 0.3 is 0 Å². The fraction of sp³-hybridized carbons (Fsp3) is 1.00. The molecule has 1 heterocycles. The average molecular weight is 228 g/mol. The van der Waals surface area contributed by atoms with Crippen molar-refractivity contribution in [2.24, 2.45) is 11.7 Å². The fourth-order valence-corrected chi connectivity index (χ4v) is 2.81. The second-order valence-corrected chi connectivity index (χ2v) is 4.84. The molecule has 0 aromatic heterocycles. The maximum absolute atomic E-state index is 5.99. The lowest BCUT2D eigenvalue weighted by Crippen LogP contribution is -2.50. The second-order valence-electron chi connectivity index (χ2n) is 4.84. The van der Waals surface area contributed by atoms with Crippen LogP contribution in [0.25, 0.3) is 0 Å². The van der Waals surface area contributed by atoms with Crippen LogP contribution in [0.15, 0.2) is 0 Å². The average Bonchev–Trinajstić information content (AvgIpc) is 2.36. The topological polar surface area (TPSA) is 38.5 Å². The van der Waals surface area contributed by atoms with Gasteiger partial charge in [-0.15, -0.1) is 0 Å².